The molecular weight excluding hydrogens is 274 g/mol. The molecule has 1 saturated heterocycles. The van der Waals surface area contributed by atoms with Crippen molar-refractivity contribution in [3.05, 3.63) is 0 Å². The van der Waals surface area contributed by atoms with Gasteiger partial charge >= 0.3 is 12.0 Å². The number of aliphatic carboxylic acids is 1. The Morgan fingerprint density at radius 3 is 2.43 bits per heavy atom. The van der Waals surface area contributed by atoms with Crippen molar-refractivity contribution in [3.63, 3.8) is 0 Å². The first-order valence-electron chi connectivity index (χ1n) is 7.53. The minimum absolute atomic E-state index is 0.0479. The van der Waals surface area contributed by atoms with Crippen molar-refractivity contribution in [2.45, 2.75) is 45.2 Å². The van der Waals surface area contributed by atoms with Crippen LogP contribution in [0.2, 0.25) is 0 Å². The number of rotatable bonds is 7. The number of carbonyl (C=O) groups excluding carboxylic acids is 1. The Hall–Kier alpha value is -1.34. The van der Waals surface area contributed by atoms with Crippen LogP contribution >= 0.6 is 0 Å². The highest BCUT2D eigenvalue weighted by molar-refractivity contribution is 5.78. The molecule has 0 aromatic heterocycles. The standard InChI is InChI=1S/C14H27N3O4/c1-10(2)17(6-4-3-5-7-18)14(21)16-8-11(13(19)20)12(15)9-16/h10-12,18H,3-9,15H2,1-2H3,(H,19,20)/t11-,12+/m1/s1. The number of aliphatic hydroxyl groups is 1. The SMILES string of the molecule is CC(C)N(CCCCCO)C(=O)N1C[C@H](N)[C@H](C(=O)O)C1. The third-order valence-corrected chi connectivity index (χ3v) is 3.88. The molecular formula is C14H27N3O4. The third-order valence-electron chi connectivity index (χ3n) is 3.88. The summed E-state index contributed by atoms with van der Waals surface area (Å²) in [5, 5.41) is 17.9. The molecule has 21 heavy (non-hydrogen) atoms. The molecule has 122 valence electrons. The molecule has 0 radical (unpaired) electrons. The van der Waals surface area contributed by atoms with Crippen LogP contribution in [-0.2, 0) is 4.79 Å². The molecule has 1 rings (SSSR count). The van der Waals surface area contributed by atoms with Crippen LogP contribution in [-0.4, -0.2) is 70.3 Å². The van der Waals surface area contributed by atoms with Crippen molar-refractivity contribution in [2.24, 2.45) is 11.7 Å². The van der Waals surface area contributed by atoms with E-state index < -0.39 is 17.9 Å². The lowest BCUT2D eigenvalue weighted by molar-refractivity contribution is -0.141. The Labute approximate surface area is 125 Å². The summed E-state index contributed by atoms with van der Waals surface area (Å²) in [5.74, 6) is -1.63. The van der Waals surface area contributed by atoms with Crippen LogP contribution in [0.25, 0.3) is 0 Å². The van der Waals surface area contributed by atoms with Gasteiger partial charge in [-0.3, -0.25) is 4.79 Å². The van der Waals surface area contributed by atoms with Gasteiger partial charge in [0.1, 0.15) is 0 Å². The highest BCUT2D eigenvalue weighted by Crippen LogP contribution is 2.18. The fourth-order valence-corrected chi connectivity index (χ4v) is 2.57. The molecule has 4 N–H and O–H groups in total. The number of carboxylic acid groups (broad SMARTS) is 1. The maximum atomic E-state index is 12.5. The summed E-state index contributed by atoms with van der Waals surface area (Å²) in [6.07, 6.45) is 2.42. The molecule has 0 spiro atoms. The number of hydrogen-bond donors (Lipinski definition) is 3. The number of carbonyl (C=O) groups is 2. The summed E-state index contributed by atoms with van der Waals surface area (Å²) < 4.78 is 0. The highest BCUT2D eigenvalue weighted by Gasteiger charge is 2.39. The second-order valence-electron chi connectivity index (χ2n) is 5.87. The monoisotopic (exact) mass is 301 g/mol. The Morgan fingerprint density at radius 1 is 1.29 bits per heavy atom. The number of hydrogen-bond acceptors (Lipinski definition) is 4. The molecule has 7 heteroatoms. The zero-order valence-electron chi connectivity index (χ0n) is 12.9. The summed E-state index contributed by atoms with van der Waals surface area (Å²) in [7, 11) is 0. The maximum Gasteiger partial charge on any atom is 0.320 e. The van der Waals surface area contributed by atoms with Crippen LogP contribution in [0.15, 0.2) is 0 Å². The summed E-state index contributed by atoms with van der Waals surface area (Å²) in [5.41, 5.74) is 5.80. The molecule has 0 aliphatic carbocycles. The van der Waals surface area contributed by atoms with Gasteiger partial charge in [-0.25, -0.2) is 4.79 Å². The van der Waals surface area contributed by atoms with E-state index >= 15 is 0 Å². The molecule has 1 heterocycles. The van der Waals surface area contributed by atoms with E-state index in [4.69, 9.17) is 15.9 Å². The van der Waals surface area contributed by atoms with Gasteiger partial charge < -0.3 is 25.7 Å². The van der Waals surface area contributed by atoms with Crippen molar-refractivity contribution in [3.8, 4) is 0 Å². The predicted octanol–water partition coefficient (Wildman–Crippen LogP) is 0.323. The maximum absolute atomic E-state index is 12.5. The lowest BCUT2D eigenvalue weighted by Gasteiger charge is -2.31. The second kappa shape index (κ2) is 8.19. The number of likely N-dealkylation sites (tertiary alicyclic amines) is 1. The quantitative estimate of drug-likeness (QED) is 0.587. The first-order chi connectivity index (χ1) is 9.88. The third kappa shape index (κ3) is 4.86. The van der Waals surface area contributed by atoms with E-state index in [1.807, 2.05) is 13.8 Å². The minimum Gasteiger partial charge on any atom is -0.481 e. The fraction of sp³-hybridized carbons (Fsp3) is 0.857. The number of unbranched alkanes of at least 4 members (excludes halogenated alkanes) is 2. The minimum atomic E-state index is -0.947. The van der Waals surface area contributed by atoms with Crippen molar-refractivity contribution in [1.29, 1.82) is 0 Å². The first kappa shape index (κ1) is 17.7. The number of nitrogens with zero attached hydrogens (tertiary/aromatic N) is 2. The van der Waals surface area contributed by atoms with Gasteiger partial charge in [-0.05, 0) is 33.1 Å². The van der Waals surface area contributed by atoms with Gasteiger partial charge in [0.25, 0.3) is 0 Å². The van der Waals surface area contributed by atoms with Gasteiger partial charge in [-0.15, -0.1) is 0 Å². The zero-order chi connectivity index (χ0) is 16.0. The summed E-state index contributed by atoms with van der Waals surface area (Å²) in [6.45, 7) is 5.12. The van der Waals surface area contributed by atoms with Crippen molar-refractivity contribution >= 4 is 12.0 Å². The average molecular weight is 301 g/mol. The summed E-state index contributed by atoms with van der Waals surface area (Å²) >= 11 is 0. The Morgan fingerprint density at radius 2 is 1.95 bits per heavy atom. The lowest BCUT2D eigenvalue weighted by Crippen LogP contribution is -2.46. The largest absolute Gasteiger partial charge is 0.481 e. The van der Waals surface area contributed by atoms with Crippen LogP contribution < -0.4 is 5.73 Å². The number of nitrogens with two attached hydrogens (primary N) is 1. The molecule has 7 nitrogen and oxygen atoms in total. The van der Waals surface area contributed by atoms with Gasteiger partial charge in [0.15, 0.2) is 0 Å². The van der Waals surface area contributed by atoms with Crippen LogP contribution in [0.1, 0.15) is 33.1 Å². The number of aliphatic hydroxyl groups excluding tert-OH is 1. The summed E-state index contributed by atoms with van der Waals surface area (Å²) in [4.78, 5) is 26.9. The molecule has 2 amide bonds. The smallest absolute Gasteiger partial charge is 0.320 e. The number of urea groups is 1. The first-order valence-corrected chi connectivity index (χ1v) is 7.53. The van der Waals surface area contributed by atoms with E-state index in [1.54, 1.807) is 4.90 Å². The van der Waals surface area contributed by atoms with E-state index in [1.165, 1.54) is 4.90 Å². The molecule has 0 aromatic carbocycles. The fourth-order valence-electron chi connectivity index (χ4n) is 2.57. The van der Waals surface area contributed by atoms with Crippen LogP contribution in [0.3, 0.4) is 0 Å². The van der Waals surface area contributed by atoms with Gasteiger partial charge in [-0.1, -0.05) is 0 Å². The lowest BCUT2D eigenvalue weighted by atomic mass is 10.1. The van der Waals surface area contributed by atoms with Gasteiger partial charge in [-0.2, -0.15) is 0 Å². The van der Waals surface area contributed by atoms with Crippen molar-refractivity contribution < 1.29 is 19.8 Å². The van der Waals surface area contributed by atoms with E-state index in [-0.39, 0.29) is 31.8 Å². The Balaban J connectivity index is 2.59. The van der Waals surface area contributed by atoms with Gasteiger partial charge in [0.05, 0.1) is 5.92 Å². The topological polar surface area (TPSA) is 107 Å². The Kier molecular flexibility index (Phi) is 6.91. The van der Waals surface area contributed by atoms with Crippen LogP contribution in [0.4, 0.5) is 4.79 Å². The molecule has 1 aliphatic rings. The van der Waals surface area contributed by atoms with E-state index in [0.717, 1.165) is 19.3 Å². The molecule has 0 aromatic rings. The zero-order valence-corrected chi connectivity index (χ0v) is 12.9. The molecule has 0 bridgehead atoms. The van der Waals surface area contributed by atoms with Crippen molar-refractivity contribution in [1.82, 2.24) is 9.80 Å². The molecule has 1 fully saturated rings. The molecule has 0 saturated carbocycles. The van der Waals surface area contributed by atoms with Crippen LogP contribution in [0, 0.1) is 5.92 Å². The number of carboxylic acids is 1. The molecule has 0 unspecified atom stereocenters. The highest BCUT2D eigenvalue weighted by atomic mass is 16.4. The normalized spacial score (nSPS) is 21.9. The van der Waals surface area contributed by atoms with E-state index in [9.17, 15) is 9.59 Å². The molecule has 1 aliphatic heterocycles. The second-order valence-corrected chi connectivity index (χ2v) is 5.87. The van der Waals surface area contributed by atoms with E-state index in [0.29, 0.717) is 6.54 Å². The predicted molar refractivity (Wildman–Crippen MR) is 78.8 cm³/mol. The molecule has 2 atom stereocenters. The number of amides is 2. The van der Waals surface area contributed by atoms with Gasteiger partial charge in [0.2, 0.25) is 0 Å². The summed E-state index contributed by atoms with van der Waals surface area (Å²) in [6, 6.07) is -0.602. The Bertz CT molecular complexity index is 362. The van der Waals surface area contributed by atoms with Crippen LogP contribution in [0.5, 0.6) is 0 Å². The van der Waals surface area contributed by atoms with Crippen molar-refractivity contribution in [2.75, 3.05) is 26.2 Å². The van der Waals surface area contributed by atoms with E-state index in [2.05, 4.69) is 0 Å². The average Bonchev–Trinajstić information content (AvgIpc) is 2.80. The van der Waals surface area contributed by atoms with Gasteiger partial charge in [0, 0.05) is 38.3 Å².